The predicted octanol–water partition coefficient (Wildman–Crippen LogP) is 3.25. The van der Waals surface area contributed by atoms with Gasteiger partial charge in [-0.2, -0.15) is 0 Å². The molecule has 4 rings (SSSR count). The Morgan fingerprint density at radius 1 is 1.16 bits per heavy atom. The SMILES string of the molecule is CN(c1ncnc2[nH]ccc12)C1CCC(CS(=O)(=O)NCCc2ccccc2F)CC1. The molecular formula is C22H28FN5O2S. The van der Waals surface area contributed by atoms with Crippen molar-refractivity contribution in [1.82, 2.24) is 19.7 Å². The minimum atomic E-state index is -3.39. The van der Waals surface area contributed by atoms with E-state index in [1.165, 1.54) is 6.07 Å². The van der Waals surface area contributed by atoms with E-state index in [-0.39, 0.29) is 24.0 Å². The van der Waals surface area contributed by atoms with E-state index in [9.17, 15) is 12.8 Å². The van der Waals surface area contributed by atoms with Crippen LogP contribution in [-0.4, -0.2) is 48.8 Å². The molecule has 0 amide bonds. The van der Waals surface area contributed by atoms with Gasteiger partial charge in [0.05, 0.1) is 11.1 Å². The summed E-state index contributed by atoms with van der Waals surface area (Å²) in [7, 11) is -1.34. The lowest BCUT2D eigenvalue weighted by atomic mass is 9.86. The van der Waals surface area contributed by atoms with Gasteiger partial charge in [-0.25, -0.2) is 27.5 Å². The number of H-pyrrole nitrogens is 1. The Morgan fingerprint density at radius 3 is 2.71 bits per heavy atom. The molecule has 2 N–H and O–H groups in total. The first kappa shape index (κ1) is 21.7. The van der Waals surface area contributed by atoms with E-state index >= 15 is 0 Å². The van der Waals surface area contributed by atoms with Crippen molar-refractivity contribution in [2.24, 2.45) is 5.92 Å². The van der Waals surface area contributed by atoms with Gasteiger partial charge in [-0.15, -0.1) is 0 Å². The van der Waals surface area contributed by atoms with Gasteiger partial charge in [0.1, 0.15) is 23.6 Å². The van der Waals surface area contributed by atoms with E-state index in [2.05, 4.69) is 24.6 Å². The lowest BCUT2D eigenvalue weighted by Gasteiger charge is -2.35. The number of hydrogen-bond donors (Lipinski definition) is 2. The number of halogens is 1. The number of aromatic nitrogens is 3. The third kappa shape index (κ3) is 5.22. The summed E-state index contributed by atoms with van der Waals surface area (Å²) in [5, 5.41) is 0.994. The quantitative estimate of drug-likeness (QED) is 0.555. The highest BCUT2D eigenvalue weighted by Gasteiger charge is 2.28. The molecule has 3 aromatic rings. The summed E-state index contributed by atoms with van der Waals surface area (Å²) in [6.45, 7) is 0.210. The summed E-state index contributed by atoms with van der Waals surface area (Å²) < 4.78 is 41.3. The Labute approximate surface area is 182 Å². The minimum absolute atomic E-state index is 0.121. The minimum Gasteiger partial charge on any atom is -0.356 e. The topological polar surface area (TPSA) is 91.0 Å². The first-order valence-electron chi connectivity index (χ1n) is 10.6. The van der Waals surface area contributed by atoms with Crippen molar-refractivity contribution in [3.8, 4) is 0 Å². The number of sulfonamides is 1. The summed E-state index contributed by atoms with van der Waals surface area (Å²) >= 11 is 0. The summed E-state index contributed by atoms with van der Waals surface area (Å²) in [5.41, 5.74) is 1.34. The Bertz CT molecular complexity index is 1130. The van der Waals surface area contributed by atoms with Crippen LogP contribution in [-0.2, 0) is 16.4 Å². The predicted molar refractivity (Wildman–Crippen MR) is 120 cm³/mol. The molecule has 0 atom stereocenters. The van der Waals surface area contributed by atoms with Crippen LogP contribution < -0.4 is 9.62 Å². The van der Waals surface area contributed by atoms with Gasteiger partial charge < -0.3 is 9.88 Å². The van der Waals surface area contributed by atoms with Gasteiger partial charge in [0.2, 0.25) is 10.0 Å². The van der Waals surface area contributed by atoms with Crippen molar-refractivity contribution in [1.29, 1.82) is 0 Å². The van der Waals surface area contributed by atoms with Crippen molar-refractivity contribution in [3.63, 3.8) is 0 Å². The third-order valence-corrected chi connectivity index (χ3v) is 7.71. The van der Waals surface area contributed by atoms with Crippen molar-refractivity contribution in [2.75, 3.05) is 24.2 Å². The zero-order chi connectivity index (χ0) is 21.8. The molecule has 0 aliphatic heterocycles. The molecule has 0 radical (unpaired) electrons. The average molecular weight is 446 g/mol. The van der Waals surface area contributed by atoms with Crippen LogP contribution in [0.15, 0.2) is 42.9 Å². The monoisotopic (exact) mass is 445 g/mol. The number of anilines is 1. The van der Waals surface area contributed by atoms with Gasteiger partial charge in [0, 0.05) is 25.8 Å². The summed E-state index contributed by atoms with van der Waals surface area (Å²) in [6, 6.07) is 8.75. The maximum absolute atomic E-state index is 13.7. The highest BCUT2D eigenvalue weighted by atomic mass is 32.2. The number of rotatable bonds is 8. The fourth-order valence-corrected chi connectivity index (χ4v) is 5.91. The van der Waals surface area contributed by atoms with Crippen LogP contribution >= 0.6 is 0 Å². The molecule has 0 bridgehead atoms. The second-order valence-electron chi connectivity index (χ2n) is 8.24. The molecule has 0 spiro atoms. The zero-order valence-corrected chi connectivity index (χ0v) is 18.4. The van der Waals surface area contributed by atoms with Gasteiger partial charge in [-0.05, 0) is 55.7 Å². The van der Waals surface area contributed by atoms with Crippen molar-refractivity contribution >= 4 is 26.9 Å². The number of fused-ring (bicyclic) bond motifs is 1. The second kappa shape index (κ2) is 9.32. The number of benzene rings is 1. The maximum Gasteiger partial charge on any atom is 0.211 e. The molecule has 31 heavy (non-hydrogen) atoms. The molecule has 0 saturated heterocycles. The number of nitrogens with one attached hydrogen (secondary N) is 2. The van der Waals surface area contributed by atoms with Gasteiger partial charge >= 0.3 is 0 Å². The van der Waals surface area contributed by atoms with Crippen molar-refractivity contribution in [3.05, 3.63) is 54.2 Å². The molecule has 2 heterocycles. The molecule has 1 aliphatic carbocycles. The number of nitrogens with zero attached hydrogens (tertiary/aromatic N) is 3. The Hall–Kier alpha value is -2.52. The van der Waals surface area contributed by atoms with E-state index in [0.717, 1.165) is 42.5 Å². The molecule has 0 unspecified atom stereocenters. The number of aromatic amines is 1. The van der Waals surface area contributed by atoms with Gasteiger partial charge in [0.25, 0.3) is 0 Å². The van der Waals surface area contributed by atoms with Crippen LogP contribution in [0.1, 0.15) is 31.2 Å². The molecular weight excluding hydrogens is 417 g/mol. The Morgan fingerprint density at radius 2 is 1.94 bits per heavy atom. The highest BCUT2D eigenvalue weighted by molar-refractivity contribution is 7.89. The smallest absolute Gasteiger partial charge is 0.211 e. The fraction of sp³-hybridized carbons (Fsp3) is 0.455. The molecule has 166 valence electrons. The van der Waals surface area contributed by atoms with Crippen LogP contribution in [0.4, 0.5) is 10.2 Å². The Balaban J connectivity index is 1.27. The second-order valence-corrected chi connectivity index (χ2v) is 10.1. The largest absolute Gasteiger partial charge is 0.356 e. The average Bonchev–Trinajstić information content (AvgIpc) is 3.24. The van der Waals surface area contributed by atoms with Crippen LogP contribution in [0.3, 0.4) is 0 Å². The fourth-order valence-electron chi connectivity index (χ4n) is 4.42. The molecule has 1 saturated carbocycles. The van der Waals surface area contributed by atoms with Crippen LogP contribution in [0, 0.1) is 11.7 Å². The van der Waals surface area contributed by atoms with Gasteiger partial charge in [0.15, 0.2) is 0 Å². The van der Waals surface area contributed by atoms with E-state index in [4.69, 9.17) is 0 Å². The van der Waals surface area contributed by atoms with E-state index < -0.39 is 10.0 Å². The van der Waals surface area contributed by atoms with Crippen LogP contribution in [0.5, 0.6) is 0 Å². The van der Waals surface area contributed by atoms with E-state index in [1.54, 1.807) is 24.5 Å². The van der Waals surface area contributed by atoms with Gasteiger partial charge in [-0.1, -0.05) is 18.2 Å². The normalized spacial score (nSPS) is 19.5. The molecule has 7 nitrogen and oxygen atoms in total. The van der Waals surface area contributed by atoms with Crippen LogP contribution in [0.2, 0.25) is 0 Å². The zero-order valence-electron chi connectivity index (χ0n) is 17.6. The molecule has 1 aromatic carbocycles. The molecule has 2 aromatic heterocycles. The molecule has 9 heteroatoms. The van der Waals surface area contributed by atoms with E-state index in [1.807, 2.05) is 19.3 Å². The Kier molecular flexibility index (Phi) is 6.52. The van der Waals surface area contributed by atoms with Crippen molar-refractivity contribution in [2.45, 2.75) is 38.1 Å². The molecule has 1 fully saturated rings. The summed E-state index contributed by atoms with van der Waals surface area (Å²) in [6.07, 6.45) is 7.31. The van der Waals surface area contributed by atoms with E-state index in [0.29, 0.717) is 18.0 Å². The summed E-state index contributed by atoms with van der Waals surface area (Å²) in [4.78, 5) is 14.0. The maximum atomic E-state index is 13.7. The first-order valence-corrected chi connectivity index (χ1v) is 12.3. The number of hydrogen-bond acceptors (Lipinski definition) is 5. The van der Waals surface area contributed by atoms with Crippen molar-refractivity contribution < 1.29 is 12.8 Å². The molecule has 1 aliphatic rings. The standard InChI is InChI=1S/C22H28FN5O2S/c1-28(22-19-11-12-24-21(19)25-15-26-22)18-8-6-16(7-9-18)14-31(29,30)27-13-10-17-4-2-3-5-20(17)23/h2-5,11-12,15-16,18,27H,6-10,13-14H2,1H3,(H,24,25,26). The highest BCUT2D eigenvalue weighted by Crippen LogP contribution is 2.31. The first-order chi connectivity index (χ1) is 14.9. The third-order valence-electron chi connectivity index (χ3n) is 6.16. The van der Waals surface area contributed by atoms with Crippen LogP contribution in [0.25, 0.3) is 11.0 Å². The lowest BCUT2D eigenvalue weighted by molar-refractivity contribution is 0.340. The van der Waals surface area contributed by atoms with Gasteiger partial charge in [-0.3, -0.25) is 0 Å². The summed E-state index contributed by atoms with van der Waals surface area (Å²) in [5.74, 6) is 0.853. The lowest BCUT2D eigenvalue weighted by Crippen LogP contribution is -2.38.